The molecule has 0 atom stereocenters. The van der Waals surface area contributed by atoms with E-state index in [1.807, 2.05) is 48.7 Å². The Hall–Kier alpha value is -3.07. The predicted octanol–water partition coefficient (Wildman–Crippen LogP) is 5.06. The fourth-order valence-electron chi connectivity index (χ4n) is 3.11. The van der Waals surface area contributed by atoms with Gasteiger partial charge < -0.3 is 10.4 Å². The van der Waals surface area contributed by atoms with Gasteiger partial charge in [0.15, 0.2) is 5.13 Å². The number of rotatable bonds is 6. The van der Waals surface area contributed by atoms with Crippen molar-refractivity contribution < 1.29 is 5.11 Å². The number of nitrogens with one attached hydrogen (secondary N) is 1. The maximum Gasteiger partial charge on any atom is 0.190 e. The third-order valence-electron chi connectivity index (χ3n) is 4.55. The van der Waals surface area contributed by atoms with Gasteiger partial charge in [-0.1, -0.05) is 47.4 Å². The zero-order valence-corrected chi connectivity index (χ0v) is 17.5. The normalized spacial score (nSPS) is 11.2. The number of aliphatic hydroxyl groups is 1. The molecule has 2 aromatic carbocycles. The van der Waals surface area contributed by atoms with E-state index in [9.17, 15) is 0 Å². The summed E-state index contributed by atoms with van der Waals surface area (Å²) in [4.78, 5) is 21.0. The van der Waals surface area contributed by atoms with Crippen molar-refractivity contribution in [2.75, 3.05) is 11.9 Å². The Morgan fingerprint density at radius 1 is 0.933 bits per heavy atom. The quantitative estimate of drug-likeness (QED) is 0.388. The molecule has 0 bridgehead atoms. The minimum Gasteiger partial charge on any atom is -0.396 e. The number of aliphatic hydroxyl groups excluding tert-OH is 1. The van der Waals surface area contributed by atoms with Crippen LogP contribution in [0.15, 0.2) is 76.9 Å². The van der Waals surface area contributed by atoms with Gasteiger partial charge in [-0.3, -0.25) is 0 Å². The Morgan fingerprint density at radius 2 is 1.80 bits per heavy atom. The van der Waals surface area contributed by atoms with Crippen molar-refractivity contribution in [2.24, 2.45) is 0 Å². The molecule has 3 heterocycles. The molecule has 0 saturated heterocycles. The highest BCUT2D eigenvalue weighted by atomic mass is 32.2. The van der Waals surface area contributed by atoms with Crippen molar-refractivity contribution in [3.63, 3.8) is 0 Å². The summed E-state index contributed by atoms with van der Waals surface area (Å²) < 4.78 is 0. The number of aromatic nitrogens is 4. The maximum absolute atomic E-state index is 9.04. The Balaban J connectivity index is 1.38. The van der Waals surface area contributed by atoms with E-state index in [0.717, 1.165) is 47.6 Å². The van der Waals surface area contributed by atoms with Gasteiger partial charge in [0.2, 0.25) is 0 Å². The molecule has 6 nitrogen and oxygen atoms in total. The number of pyridine rings is 1. The lowest BCUT2D eigenvalue weighted by atomic mass is 10.2. The van der Waals surface area contributed by atoms with Crippen LogP contribution in [-0.4, -0.2) is 31.6 Å². The van der Waals surface area contributed by atoms with Crippen molar-refractivity contribution in [2.45, 2.75) is 16.2 Å². The fourth-order valence-corrected chi connectivity index (χ4v) is 4.72. The highest BCUT2D eigenvalue weighted by Crippen LogP contribution is 2.33. The number of hydrogen-bond donors (Lipinski definition) is 2. The molecule has 148 valence electrons. The molecule has 0 unspecified atom stereocenters. The summed E-state index contributed by atoms with van der Waals surface area (Å²) in [6.45, 7) is 0.165. The average Bonchev–Trinajstić information content (AvgIpc) is 3.17. The van der Waals surface area contributed by atoms with Crippen LogP contribution in [0.5, 0.6) is 0 Å². The number of nitrogens with zero attached hydrogens (tertiary/aromatic N) is 4. The van der Waals surface area contributed by atoms with Crippen LogP contribution in [0.1, 0.15) is 5.56 Å². The van der Waals surface area contributed by atoms with Crippen molar-refractivity contribution in [3.05, 3.63) is 72.7 Å². The molecule has 5 rings (SSSR count). The van der Waals surface area contributed by atoms with Crippen LogP contribution < -0.4 is 5.32 Å². The van der Waals surface area contributed by atoms with E-state index in [4.69, 9.17) is 10.1 Å². The lowest BCUT2D eigenvalue weighted by Crippen LogP contribution is -1.95. The maximum atomic E-state index is 9.04. The monoisotopic (exact) mass is 431 g/mol. The van der Waals surface area contributed by atoms with Gasteiger partial charge in [0.25, 0.3) is 0 Å². The Morgan fingerprint density at radius 3 is 2.67 bits per heavy atom. The average molecular weight is 432 g/mol. The third-order valence-corrected chi connectivity index (χ3v) is 6.41. The first-order valence-electron chi connectivity index (χ1n) is 9.39. The smallest absolute Gasteiger partial charge is 0.190 e. The molecule has 5 aromatic rings. The van der Waals surface area contributed by atoms with E-state index in [0.29, 0.717) is 6.42 Å². The lowest BCUT2D eigenvalue weighted by Gasteiger charge is -2.04. The van der Waals surface area contributed by atoms with Crippen molar-refractivity contribution in [1.82, 2.24) is 19.9 Å². The molecule has 8 heteroatoms. The molecule has 30 heavy (non-hydrogen) atoms. The first kappa shape index (κ1) is 18.9. The standard InChI is InChI=1S/C22H17N5OS2/c28-10-9-14-5-7-15(8-6-14)29-16-11-19-21(23-12-16)30-22(26-19)27-20-17-3-1-2-4-18(17)24-13-25-20/h1-8,11-13,28H,9-10H2,(H,24,25,26,27). The molecule has 0 aliphatic heterocycles. The van der Waals surface area contributed by atoms with Gasteiger partial charge in [-0.15, -0.1) is 0 Å². The molecule has 0 amide bonds. The molecule has 0 radical (unpaired) electrons. The van der Waals surface area contributed by atoms with Crippen molar-refractivity contribution in [1.29, 1.82) is 0 Å². The molecule has 0 aliphatic rings. The van der Waals surface area contributed by atoms with Gasteiger partial charge in [0.1, 0.15) is 22.5 Å². The molecule has 3 aromatic heterocycles. The minimum absolute atomic E-state index is 0.165. The number of thiazole rings is 1. The highest BCUT2D eigenvalue weighted by Gasteiger charge is 2.10. The van der Waals surface area contributed by atoms with Crippen LogP contribution in [-0.2, 0) is 6.42 Å². The van der Waals surface area contributed by atoms with Crippen LogP contribution in [0.4, 0.5) is 10.9 Å². The summed E-state index contributed by atoms with van der Waals surface area (Å²) in [5.41, 5.74) is 2.86. The van der Waals surface area contributed by atoms with Crippen LogP contribution in [0, 0.1) is 0 Å². The second kappa shape index (κ2) is 8.35. The summed E-state index contributed by atoms with van der Waals surface area (Å²) in [5.74, 6) is 0.734. The van der Waals surface area contributed by atoms with Crippen LogP contribution >= 0.6 is 23.1 Å². The summed E-state index contributed by atoms with van der Waals surface area (Å²) in [5, 5.41) is 14.1. The van der Waals surface area contributed by atoms with Crippen molar-refractivity contribution in [3.8, 4) is 0 Å². The van der Waals surface area contributed by atoms with Crippen LogP contribution in [0.3, 0.4) is 0 Å². The number of hydrogen-bond acceptors (Lipinski definition) is 8. The topological polar surface area (TPSA) is 83.8 Å². The molecule has 0 saturated carbocycles. The van der Waals surface area contributed by atoms with Crippen molar-refractivity contribution >= 4 is 55.3 Å². The zero-order chi connectivity index (χ0) is 20.3. The van der Waals surface area contributed by atoms with Gasteiger partial charge in [-0.05, 0) is 42.3 Å². The Labute approximate surface area is 181 Å². The van der Waals surface area contributed by atoms with Gasteiger partial charge >= 0.3 is 0 Å². The second-order valence-electron chi connectivity index (χ2n) is 6.60. The van der Waals surface area contributed by atoms with E-state index >= 15 is 0 Å². The summed E-state index contributed by atoms with van der Waals surface area (Å²) >= 11 is 3.14. The third kappa shape index (κ3) is 3.97. The molecule has 0 fully saturated rings. The van der Waals surface area contributed by atoms with Crippen LogP contribution in [0.25, 0.3) is 21.3 Å². The molecule has 0 aliphatic carbocycles. The van der Waals surface area contributed by atoms with E-state index in [1.165, 1.54) is 11.3 Å². The van der Waals surface area contributed by atoms with E-state index in [1.54, 1.807) is 18.1 Å². The minimum atomic E-state index is 0.165. The van der Waals surface area contributed by atoms with E-state index < -0.39 is 0 Å². The largest absolute Gasteiger partial charge is 0.396 e. The lowest BCUT2D eigenvalue weighted by molar-refractivity contribution is 0.299. The van der Waals surface area contributed by atoms with E-state index in [2.05, 4.69) is 32.4 Å². The van der Waals surface area contributed by atoms with E-state index in [-0.39, 0.29) is 6.61 Å². The number of fused-ring (bicyclic) bond motifs is 2. The summed E-state index contributed by atoms with van der Waals surface area (Å²) in [6, 6.07) is 18.1. The second-order valence-corrected chi connectivity index (χ2v) is 8.72. The van der Waals surface area contributed by atoms with Gasteiger partial charge in [0, 0.05) is 28.0 Å². The Bertz CT molecular complexity index is 1320. The SMILES string of the molecule is OCCc1ccc(Sc2cnc3sc(Nc4ncnc5ccccc45)nc3c2)cc1. The van der Waals surface area contributed by atoms with Gasteiger partial charge in [-0.25, -0.2) is 19.9 Å². The molecule has 0 spiro atoms. The molecular formula is C22H17N5OS2. The molecular weight excluding hydrogens is 414 g/mol. The van der Waals surface area contributed by atoms with Crippen LogP contribution in [0.2, 0.25) is 0 Å². The number of para-hydroxylation sites is 1. The van der Waals surface area contributed by atoms with Gasteiger partial charge in [0.05, 0.1) is 5.52 Å². The molecule has 2 N–H and O–H groups in total. The zero-order valence-electron chi connectivity index (χ0n) is 15.8. The Kier molecular flexibility index (Phi) is 5.27. The number of anilines is 2. The first-order chi connectivity index (χ1) is 14.8. The van der Waals surface area contributed by atoms with Gasteiger partial charge in [-0.2, -0.15) is 0 Å². The predicted molar refractivity (Wildman–Crippen MR) is 122 cm³/mol. The fraction of sp³-hybridized carbons (Fsp3) is 0.0909. The first-order valence-corrected chi connectivity index (χ1v) is 11.0. The highest BCUT2D eigenvalue weighted by molar-refractivity contribution is 7.99. The summed E-state index contributed by atoms with van der Waals surface area (Å²) in [6.07, 6.45) is 4.10. The number of benzene rings is 2. The summed E-state index contributed by atoms with van der Waals surface area (Å²) in [7, 11) is 0.